The van der Waals surface area contributed by atoms with Gasteiger partial charge in [-0.1, -0.05) is 6.07 Å². The summed E-state index contributed by atoms with van der Waals surface area (Å²) in [6.07, 6.45) is 2.82. The van der Waals surface area contributed by atoms with Gasteiger partial charge in [0.15, 0.2) is 0 Å². The number of halogens is 3. The lowest BCUT2D eigenvalue weighted by Gasteiger charge is -2.32. The first-order chi connectivity index (χ1) is 12.2. The Kier molecular flexibility index (Phi) is 6.24. The van der Waals surface area contributed by atoms with Crippen LogP contribution in [-0.2, 0) is 6.54 Å². The third-order valence-electron chi connectivity index (χ3n) is 5.24. The second-order valence-electron chi connectivity index (χ2n) is 6.83. The largest absolute Gasteiger partial charge is 0.314 e. The van der Waals surface area contributed by atoms with E-state index in [2.05, 4.69) is 25.3 Å². The van der Waals surface area contributed by atoms with Gasteiger partial charge < -0.3 is 5.32 Å². The molecule has 26 heavy (non-hydrogen) atoms. The van der Waals surface area contributed by atoms with Gasteiger partial charge in [0.25, 0.3) is 0 Å². The van der Waals surface area contributed by atoms with E-state index in [-0.39, 0.29) is 18.0 Å². The fourth-order valence-electron chi connectivity index (χ4n) is 3.93. The molecule has 2 aliphatic heterocycles. The molecular formula is C18H24ClF2N5. The molecule has 1 atom stereocenters. The molecule has 2 N–H and O–H groups in total. The van der Waals surface area contributed by atoms with Gasteiger partial charge in [0.05, 0.1) is 17.5 Å². The van der Waals surface area contributed by atoms with Crippen LogP contribution < -0.4 is 5.32 Å². The molecule has 0 spiro atoms. The molecule has 8 heteroatoms. The highest BCUT2D eigenvalue weighted by Gasteiger charge is 2.29. The van der Waals surface area contributed by atoms with E-state index in [9.17, 15) is 8.78 Å². The van der Waals surface area contributed by atoms with Crippen molar-refractivity contribution in [2.75, 3.05) is 39.3 Å². The third-order valence-corrected chi connectivity index (χ3v) is 5.24. The maximum atomic E-state index is 14.1. The van der Waals surface area contributed by atoms with E-state index in [4.69, 9.17) is 0 Å². The van der Waals surface area contributed by atoms with Crippen LogP contribution in [0.2, 0.25) is 0 Å². The summed E-state index contributed by atoms with van der Waals surface area (Å²) in [6, 6.07) is 4.50. The first-order valence-electron chi connectivity index (χ1n) is 8.86. The number of aromatic nitrogens is 2. The summed E-state index contributed by atoms with van der Waals surface area (Å²) < 4.78 is 28.2. The fourth-order valence-corrected chi connectivity index (χ4v) is 3.93. The van der Waals surface area contributed by atoms with E-state index in [0.29, 0.717) is 18.3 Å². The highest BCUT2D eigenvalue weighted by molar-refractivity contribution is 5.85. The third kappa shape index (κ3) is 3.91. The Bertz CT molecular complexity index is 712. The zero-order valence-corrected chi connectivity index (χ0v) is 15.4. The monoisotopic (exact) mass is 383 g/mol. The number of hydrogen-bond acceptors (Lipinski definition) is 4. The second-order valence-corrected chi connectivity index (χ2v) is 6.83. The number of H-pyrrole nitrogens is 1. The molecule has 1 unspecified atom stereocenters. The minimum absolute atomic E-state index is 0. The predicted molar refractivity (Wildman–Crippen MR) is 99.3 cm³/mol. The van der Waals surface area contributed by atoms with E-state index in [1.807, 2.05) is 0 Å². The molecule has 2 aromatic rings. The smallest absolute Gasteiger partial charge is 0.135 e. The van der Waals surface area contributed by atoms with Crippen molar-refractivity contribution in [3.05, 3.63) is 41.6 Å². The molecule has 2 saturated heterocycles. The van der Waals surface area contributed by atoms with Gasteiger partial charge in [0.2, 0.25) is 0 Å². The zero-order valence-electron chi connectivity index (χ0n) is 14.5. The van der Waals surface area contributed by atoms with Crippen molar-refractivity contribution in [1.82, 2.24) is 25.3 Å². The molecule has 0 radical (unpaired) electrons. The molecule has 2 aliphatic rings. The summed E-state index contributed by atoms with van der Waals surface area (Å²) >= 11 is 0. The number of aromatic amines is 1. The molecule has 3 heterocycles. The van der Waals surface area contributed by atoms with Crippen molar-refractivity contribution in [3.8, 4) is 11.3 Å². The molecule has 142 valence electrons. The maximum Gasteiger partial charge on any atom is 0.135 e. The number of hydrogen-bond donors (Lipinski definition) is 2. The van der Waals surface area contributed by atoms with Crippen LogP contribution in [0.25, 0.3) is 11.3 Å². The molecule has 0 bridgehead atoms. The lowest BCUT2D eigenvalue weighted by molar-refractivity contribution is 0.170. The predicted octanol–water partition coefficient (Wildman–Crippen LogP) is 2.26. The minimum Gasteiger partial charge on any atom is -0.314 e. The first-order valence-corrected chi connectivity index (χ1v) is 8.86. The fraction of sp³-hybridized carbons (Fsp3) is 0.500. The molecule has 1 aromatic carbocycles. The van der Waals surface area contributed by atoms with Gasteiger partial charge in [-0.2, -0.15) is 5.10 Å². The van der Waals surface area contributed by atoms with E-state index >= 15 is 0 Å². The SMILES string of the molecule is Cl.Fc1cccc(F)c1-c1[nH]ncc1CN1CCC(N2CCNCC2)C1. The Balaban J connectivity index is 0.00000196. The van der Waals surface area contributed by atoms with Gasteiger partial charge in [-0.25, -0.2) is 8.78 Å². The van der Waals surface area contributed by atoms with Gasteiger partial charge >= 0.3 is 0 Å². The Morgan fingerprint density at radius 1 is 1.12 bits per heavy atom. The lowest BCUT2D eigenvalue weighted by atomic mass is 10.1. The normalized spacial score (nSPS) is 21.7. The first kappa shape index (κ1) is 19.2. The van der Waals surface area contributed by atoms with Crippen LogP contribution in [0.5, 0.6) is 0 Å². The van der Waals surface area contributed by atoms with E-state index in [1.165, 1.54) is 18.2 Å². The maximum absolute atomic E-state index is 14.1. The zero-order chi connectivity index (χ0) is 17.2. The van der Waals surface area contributed by atoms with E-state index in [1.54, 1.807) is 6.20 Å². The number of likely N-dealkylation sites (tertiary alicyclic amines) is 1. The van der Waals surface area contributed by atoms with Crippen molar-refractivity contribution >= 4 is 12.4 Å². The second kappa shape index (κ2) is 8.43. The topological polar surface area (TPSA) is 47.2 Å². The summed E-state index contributed by atoms with van der Waals surface area (Å²) in [6.45, 7) is 6.93. The van der Waals surface area contributed by atoms with Crippen molar-refractivity contribution in [1.29, 1.82) is 0 Å². The number of piperazine rings is 1. The number of nitrogens with one attached hydrogen (secondary N) is 2. The van der Waals surface area contributed by atoms with Crippen molar-refractivity contribution in [3.63, 3.8) is 0 Å². The van der Waals surface area contributed by atoms with Crippen LogP contribution in [0, 0.1) is 11.6 Å². The molecule has 5 nitrogen and oxygen atoms in total. The van der Waals surface area contributed by atoms with Crippen LogP contribution in [-0.4, -0.2) is 65.3 Å². The molecular weight excluding hydrogens is 360 g/mol. The summed E-state index contributed by atoms with van der Waals surface area (Å²) in [5.41, 5.74) is 1.26. The molecule has 4 rings (SSSR count). The number of nitrogens with zero attached hydrogens (tertiary/aromatic N) is 3. The van der Waals surface area contributed by atoms with Gasteiger partial charge in [-0.3, -0.25) is 14.9 Å². The minimum atomic E-state index is -0.564. The Hall–Kier alpha value is -1.54. The van der Waals surface area contributed by atoms with Gasteiger partial charge in [0, 0.05) is 57.4 Å². The summed E-state index contributed by atoms with van der Waals surface area (Å²) in [4.78, 5) is 4.89. The summed E-state index contributed by atoms with van der Waals surface area (Å²) in [5, 5.41) is 10.2. The Morgan fingerprint density at radius 3 is 2.58 bits per heavy atom. The quantitative estimate of drug-likeness (QED) is 0.850. The lowest BCUT2D eigenvalue weighted by Crippen LogP contribution is -2.49. The van der Waals surface area contributed by atoms with Crippen molar-refractivity contribution < 1.29 is 8.78 Å². The Morgan fingerprint density at radius 2 is 1.85 bits per heavy atom. The highest BCUT2D eigenvalue weighted by atomic mass is 35.5. The van der Waals surface area contributed by atoms with Crippen LogP contribution in [0.3, 0.4) is 0 Å². The van der Waals surface area contributed by atoms with Crippen molar-refractivity contribution in [2.45, 2.75) is 19.0 Å². The average Bonchev–Trinajstić information content (AvgIpc) is 3.26. The van der Waals surface area contributed by atoms with E-state index in [0.717, 1.165) is 51.3 Å². The van der Waals surface area contributed by atoms with Crippen LogP contribution in [0.1, 0.15) is 12.0 Å². The number of benzene rings is 1. The molecule has 1 aromatic heterocycles. The van der Waals surface area contributed by atoms with Gasteiger partial charge in [-0.05, 0) is 18.6 Å². The molecule has 0 amide bonds. The van der Waals surface area contributed by atoms with E-state index < -0.39 is 11.6 Å². The summed E-state index contributed by atoms with van der Waals surface area (Å²) in [5.74, 6) is -1.13. The summed E-state index contributed by atoms with van der Waals surface area (Å²) in [7, 11) is 0. The highest BCUT2D eigenvalue weighted by Crippen LogP contribution is 2.29. The van der Waals surface area contributed by atoms with Crippen LogP contribution in [0.15, 0.2) is 24.4 Å². The van der Waals surface area contributed by atoms with Crippen molar-refractivity contribution in [2.24, 2.45) is 0 Å². The van der Waals surface area contributed by atoms with Crippen LogP contribution in [0.4, 0.5) is 8.78 Å². The molecule has 0 aliphatic carbocycles. The molecule has 0 saturated carbocycles. The Labute approximate surface area is 158 Å². The van der Waals surface area contributed by atoms with Gasteiger partial charge in [-0.15, -0.1) is 12.4 Å². The standard InChI is InChI=1S/C18H23F2N5.ClH/c19-15-2-1-3-16(20)17(15)18-13(10-22-23-18)11-24-7-4-14(12-24)25-8-5-21-6-9-25;/h1-3,10,14,21H,4-9,11-12H2,(H,22,23);1H. The average molecular weight is 384 g/mol. The van der Waals surface area contributed by atoms with Gasteiger partial charge in [0.1, 0.15) is 11.6 Å². The molecule has 2 fully saturated rings. The number of rotatable bonds is 4. The van der Waals surface area contributed by atoms with Crippen LogP contribution >= 0.6 is 12.4 Å².